The van der Waals surface area contributed by atoms with Crippen LogP contribution in [0.2, 0.25) is 0 Å². The van der Waals surface area contributed by atoms with Gasteiger partial charge in [-0.2, -0.15) is 5.10 Å². The van der Waals surface area contributed by atoms with Gasteiger partial charge in [0.2, 0.25) is 0 Å². The minimum absolute atomic E-state index is 0.145. The largest absolute Gasteiger partial charge is 0.356 e. The lowest BCUT2D eigenvalue weighted by Crippen LogP contribution is -2.31. The van der Waals surface area contributed by atoms with Crippen molar-refractivity contribution < 1.29 is 9.18 Å². The monoisotopic (exact) mass is 375 g/mol. The van der Waals surface area contributed by atoms with Gasteiger partial charge in [0.15, 0.2) is 0 Å². The lowest BCUT2D eigenvalue weighted by molar-refractivity contribution is 0.0927. The van der Waals surface area contributed by atoms with Crippen LogP contribution in [0.25, 0.3) is 22.3 Å². The molecule has 140 valence electrons. The summed E-state index contributed by atoms with van der Waals surface area (Å²) in [5.74, 6) is -0.475. The number of aryl methyl sites for hydroxylation is 1. The lowest BCUT2D eigenvalue weighted by Gasteiger charge is -2.23. The van der Waals surface area contributed by atoms with Crippen molar-refractivity contribution in [3.8, 4) is 11.4 Å². The fourth-order valence-corrected chi connectivity index (χ4v) is 3.90. The normalized spacial score (nSPS) is 16.1. The van der Waals surface area contributed by atoms with Gasteiger partial charge in [-0.1, -0.05) is 6.07 Å². The van der Waals surface area contributed by atoms with Gasteiger partial charge in [-0.3, -0.25) is 14.9 Å². The molecule has 5 rings (SSSR count). The van der Waals surface area contributed by atoms with E-state index in [4.69, 9.17) is 0 Å². The summed E-state index contributed by atoms with van der Waals surface area (Å²) in [6.45, 7) is 0. The minimum atomic E-state index is -0.250. The van der Waals surface area contributed by atoms with Crippen molar-refractivity contribution in [2.75, 3.05) is 0 Å². The Morgan fingerprint density at radius 1 is 1.18 bits per heavy atom. The van der Waals surface area contributed by atoms with Crippen LogP contribution in [0.1, 0.15) is 40.6 Å². The highest BCUT2D eigenvalue weighted by Crippen LogP contribution is 2.35. The smallest absolute Gasteiger partial charge is 0.269 e. The maximum atomic E-state index is 13.7. The highest BCUT2D eigenvalue weighted by molar-refractivity contribution is 5.94. The molecule has 0 fully saturated rings. The van der Waals surface area contributed by atoms with Crippen LogP contribution in [0.15, 0.2) is 48.7 Å². The van der Waals surface area contributed by atoms with E-state index < -0.39 is 0 Å². The van der Waals surface area contributed by atoms with Gasteiger partial charge in [0, 0.05) is 22.8 Å². The van der Waals surface area contributed by atoms with Crippen LogP contribution in [0, 0.1) is 5.82 Å². The third kappa shape index (κ3) is 2.85. The van der Waals surface area contributed by atoms with Crippen LogP contribution >= 0.6 is 0 Å². The first-order chi connectivity index (χ1) is 13.7. The summed E-state index contributed by atoms with van der Waals surface area (Å²) in [5.41, 5.74) is 4.66. The summed E-state index contributed by atoms with van der Waals surface area (Å²) in [5, 5.41) is 11.0. The summed E-state index contributed by atoms with van der Waals surface area (Å²) in [7, 11) is 0. The second-order valence-corrected chi connectivity index (χ2v) is 7.01. The molecule has 1 aliphatic carbocycles. The van der Waals surface area contributed by atoms with Crippen LogP contribution in [-0.4, -0.2) is 26.1 Å². The average molecular weight is 375 g/mol. The number of H-pyrrole nitrogens is 2. The molecule has 0 unspecified atom stereocenters. The molecule has 0 spiro atoms. The number of aromatic nitrogens is 4. The van der Waals surface area contributed by atoms with Crippen molar-refractivity contribution in [3.63, 3.8) is 0 Å². The number of fused-ring (bicyclic) bond motifs is 3. The van der Waals surface area contributed by atoms with E-state index in [-0.39, 0.29) is 17.8 Å². The van der Waals surface area contributed by atoms with Crippen LogP contribution in [-0.2, 0) is 6.42 Å². The standard InChI is InChI=1S/C21H18FN5O/c22-12-7-8-15-14(10-12)13-4-3-6-17(20(13)24-15)25-21(28)19-11-18(26-27-19)16-5-1-2-9-23-16/h1-2,5,7-11,17,24H,3-4,6H2,(H,25,28)(H,26,27)/t17-/m0/s1. The topological polar surface area (TPSA) is 86.5 Å². The zero-order valence-corrected chi connectivity index (χ0v) is 15.0. The summed E-state index contributed by atoms with van der Waals surface area (Å²) in [6, 6.07) is 11.8. The quantitative estimate of drug-likeness (QED) is 0.508. The predicted octanol–water partition coefficient (Wildman–Crippen LogP) is 3.90. The summed E-state index contributed by atoms with van der Waals surface area (Å²) < 4.78 is 13.7. The Kier molecular flexibility index (Phi) is 3.93. The Balaban J connectivity index is 1.41. The number of nitrogens with zero attached hydrogens (tertiary/aromatic N) is 2. The number of amides is 1. The number of rotatable bonds is 3. The fourth-order valence-electron chi connectivity index (χ4n) is 3.90. The zero-order valence-electron chi connectivity index (χ0n) is 15.0. The molecule has 28 heavy (non-hydrogen) atoms. The van der Waals surface area contributed by atoms with Crippen LogP contribution in [0.3, 0.4) is 0 Å². The van der Waals surface area contributed by atoms with E-state index in [2.05, 4.69) is 25.5 Å². The molecule has 4 aromatic rings. The van der Waals surface area contributed by atoms with Gasteiger partial charge >= 0.3 is 0 Å². The van der Waals surface area contributed by atoms with E-state index in [1.807, 2.05) is 18.2 Å². The average Bonchev–Trinajstić information content (AvgIpc) is 3.34. The van der Waals surface area contributed by atoms with Crippen LogP contribution in [0.4, 0.5) is 4.39 Å². The number of nitrogens with one attached hydrogen (secondary N) is 3. The molecular weight excluding hydrogens is 357 g/mol. The fraction of sp³-hybridized carbons (Fsp3) is 0.190. The minimum Gasteiger partial charge on any atom is -0.356 e. The summed E-state index contributed by atoms with van der Waals surface area (Å²) >= 11 is 0. The molecule has 7 heteroatoms. The van der Waals surface area contributed by atoms with Crippen LogP contribution in [0.5, 0.6) is 0 Å². The highest BCUT2D eigenvalue weighted by atomic mass is 19.1. The van der Waals surface area contributed by atoms with Crippen molar-refractivity contribution in [3.05, 3.63) is 71.4 Å². The van der Waals surface area contributed by atoms with Gasteiger partial charge in [0.25, 0.3) is 5.91 Å². The Morgan fingerprint density at radius 2 is 2.11 bits per heavy atom. The third-order valence-corrected chi connectivity index (χ3v) is 5.22. The molecule has 0 radical (unpaired) electrons. The Labute approximate surface area is 160 Å². The first-order valence-corrected chi connectivity index (χ1v) is 9.27. The molecule has 1 amide bonds. The first-order valence-electron chi connectivity index (χ1n) is 9.27. The number of carbonyl (C=O) groups is 1. The molecule has 6 nitrogen and oxygen atoms in total. The second kappa shape index (κ2) is 6.60. The third-order valence-electron chi connectivity index (χ3n) is 5.22. The number of carbonyl (C=O) groups excluding carboxylic acids is 1. The van der Waals surface area contributed by atoms with Crippen molar-refractivity contribution in [2.24, 2.45) is 0 Å². The molecule has 1 aromatic carbocycles. The van der Waals surface area contributed by atoms with E-state index in [1.54, 1.807) is 24.4 Å². The van der Waals surface area contributed by atoms with E-state index in [9.17, 15) is 9.18 Å². The highest BCUT2D eigenvalue weighted by Gasteiger charge is 2.26. The summed E-state index contributed by atoms with van der Waals surface area (Å²) in [6.07, 6.45) is 4.32. The van der Waals surface area contributed by atoms with Gasteiger partial charge in [-0.15, -0.1) is 0 Å². The SMILES string of the molecule is O=C(N[C@H]1CCCc2c1[nH]c1ccc(F)cc21)c1cc(-c2ccccn2)n[nH]1. The zero-order chi connectivity index (χ0) is 19.1. The lowest BCUT2D eigenvalue weighted by atomic mass is 9.91. The number of halogens is 1. The van der Waals surface area contributed by atoms with Gasteiger partial charge in [0.1, 0.15) is 17.2 Å². The molecule has 3 heterocycles. The van der Waals surface area contributed by atoms with Crippen molar-refractivity contribution in [1.82, 2.24) is 25.5 Å². The first kappa shape index (κ1) is 16.7. The molecule has 0 aliphatic heterocycles. The molecule has 3 N–H and O–H groups in total. The second-order valence-electron chi connectivity index (χ2n) is 7.01. The van der Waals surface area contributed by atoms with E-state index in [1.165, 1.54) is 6.07 Å². The van der Waals surface area contributed by atoms with Gasteiger partial charge in [0.05, 0.1) is 11.7 Å². The Bertz CT molecular complexity index is 1160. The molecule has 0 saturated carbocycles. The van der Waals surface area contributed by atoms with Gasteiger partial charge < -0.3 is 10.3 Å². The molecule has 0 bridgehead atoms. The predicted molar refractivity (Wildman–Crippen MR) is 103 cm³/mol. The Hall–Kier alpha value is -3.48. The Morgan fingerprint density at radius 3 is 2.96 bits per heavy atom. The molecule has 1 aliphatic rings. The van der Waals surface area contributed by atoms with Gasteiger partial charge in [-0.25, -0.2) is 4.39 Å². The number of hydrogen-bond donors (Lipinski definition) is 3. The van der Waals surface area contributed by atoms with E-state index >= 15 is 0 Å². The molecule has 3 aromatic heterocycles. The maximum absolute atomic E-state index is 13.7. The molecule has 1 atom stereocenters. The van der Waals surface area contributed by atoms with Gasteiger partial charge in [-0.05, 0) is 61.2 Å². The number of pyridine rings is 1. The van der Waals surface area contributed by atoms with Crippen molar-refractivity contribution >= 4 is 16.8 Å². The van der Waals surface area contributed by atoms with E-state index in [0.29, 0.717) is 17.1 Å². The van der Waals surface area contributed by atoms with E-state index in [0.717, 1.165) is 41.4 Å². The van der Waals surface area contributed by atoms with Crippen molar-refractivity contribution in [2.45, 2.75) is 25.3 Å². The summed E-state index contributed by atoms with van der Waals surface area (Å²) in [4.78, 5) is 20.4. The van der Waals surface area contributed by atoms with Crippen LogP contribution < -0.4 is 5.32 Å². The number of hydrogen-bond acceptors (Lipinski definition) is 3. The molecular formula is C21H18FN5O. The number of aromatic amines is 2. The molecule has 0 saturated heterocycles. The maximum Gasteiger partial charge on any atom is 0.269 e. The van der Waals surface area contributed by atoms with Crippen molar-refractivity contribution in [1.29, 1.82) is 0 Å². The number of benzene rings is 1.